The zero-order valence-electron chi connectivity index (χ0n) is 12.6. The number of rotatable bonds is 5. The van der Waals surface area contributed by atoms with E-state index in [0.717, 1.165) is 11.1 Å². The summed E-state index contributed by atoms with van der Waals surface area (Å²) in [4.78, 5) is 14.7. The van der Waals surface area contributed by atoms with E-state index in [1.807, 2.05) is 25.3 Å². The van der Waals surface area contributed by atoms with Crippen molar-refractivity contribution >= 4 is 16.9 Å². The van der Waals surface area contributed by atoms with Crippen molar-refractivity contribution in [2.45, 2.75) is 19.8 Å². The molecule has 0 bridgehead atoms. The Bertz CT molecular complexity index is 771. The summed E-state index contributed by atoms with van der Waals surface area (Å²) in [6.45, 7) is 2.27. The number of nitrogens with one attached hydrogen (secondary N) is 1. The minimum atomic E-state index is -0.136. The second-order valence-corrected chi connectivity index (χ2v) is 5.25. The number of aromatic amines is 1. The quantitative estimate of drug-likeness (QED) is 0.711. The minimum absolute atomic E-state index is 0.136. The first-order chi connectivity index (χ1) is 10.8. The highest BCUT2D eigenvalue weighted by atomic mass is 16.5. The van der Waals surface area contributed by atoms with Crippen molar-refractivity contribution in [3.63, 3.8) is 0 Å². The first kappa shape index (κ1) is 14.4. The molecule has 0 fully saturated rings. The Kier molecular flexibility index (Phi) is 4.24. The van der Waals surface area contributed by atoms with E-state index in [9.17, 15) is 4.79 Å². The number of H-pyrrole nitrogens is 1. The first-order valence-electron chi connectivity index (χ1n) is 7.59. The Morgan fingerprint density at radius 2 is 1.86 bits per heavy atom. The lowest BCUT2D eigenvalue weighted by Gasteiger charge is -2.04. The van der Waals surface area contributed by atoms with E-state index in [0.29, 0.717) is 19.4 Å². The first-order valence-corrected chi connectivity index (χ1v) is 7.59. The minimum Gasteiger partial charge on any atom is -0.466 e. The average molecular weight is 293 g/mol. The maximum atomic E-state index is 11.4. The molecule has 1 aromatic heterocycles. The van der Waals surface area contributed by atoms with Crippen molar-refractivity contribution in [3.05, 3.63) is 60.3 Å². The molecule has 0 saturated heterocycles. The van der Waals surface area contributed by atoms with Crippen LogP contribution in [0.15, 0.2) is 54.7 Å². The Labute approximate surface area is 129 Å². The number of hydrogen-bond donors (Lipinski definition) is 1. The molecule has 3 rings (SSSR count). The summed E-state index contributed by atoms with van der Waals surface area (Å²) < 4.78 is 4.95. The van der Waals surface area contributed by atoms with Crippen molar-refractivity contribution in [2.75, 3.05) is 6.61 Å². The van der Waals surface area contributed by atoms with Crippen LogP contribution in [0.2, 0.25) is 0 Å². The van der Waals surface area contributed by atoms with Crippen LogP contribution >= 0.6 is 0 Å². The van der Waals surface area contributed by atoms with Crippen molar-refractivity contribution in [1.82, 2.24) is 4.98 Å². The summed E-state index contributed by atoms with van der Waals surface area (Å²) in [6.07, 6.45) is 3.19. The van der Waals surface area contributed by atoms with E-state index in [1.54, 1.807) is 0 Å². The molecule has 0 aliphatic carbocycles. The van der Waals surface area contributed by atoms with Gasteiger partial charge in [-0.2, -0.15) is 0 Å². The third-order valence-electron chi connectivity index (χ3n) is 3.78. The van der Waals surface area contributed by atoms with Gasteiger partial charge in [0.25, 0.3) is 0 Å². The summed E-state index contributed by atoms with van der Waals surface area (Å²) in [5.41, 5.74) is 4.67. The molecule has 0 spiro atoms. The summed E-state index contributed by atoms with van der Waals surface area (Å²) in [5, 5.41) is 1.22. The lowest BCUT2D eigenvalue weighted by atomic mass is 10.0. The standard InChI is InChI=1S/C19H19NO2/c1-2-22-19(21)12-9-14-7-10-15(11-8-14)17-13-20-18-6-4-3-5-16(17)18/h3-8,10-11,13,20H,2,9,12H2,1H3. The van der Waals surface area contributed by atoms with E-state index in [2.05, 4.69) is 41.4 Å². The fraction of sp³-hybridized carbons (Fsp3) is 0.211. The molecule has 0 unspecified atom stereocenters. The van der Waals surface area contributed by atoms with Crippen LogP contribution in [0, 0.1) is 0 Å². The number of esters is 1. The maximum absolute atomic E-state index is 11.4. The molecule has 1 heterocycles. The van der Waals surface area contributed by atoms with Crippen molar-refractivity contribution < 1.29 is 9.53 Å². The number of fused-ring (bicyclic) bond motifs is 1. The average Bonchev–Trinajstić information content (AvgIpc) is 2.98. The van der Waals surface area contributed by atoms with E-state index in [4.69, 9.17) is 4.74 Å². The van der Waals surface area contributed by atoms with Crippen LogP contribution in [-0.4, -0.2) is 17.6 Å². The Morgan fingerprint density at radius 3 is 2.64 bits per heavy atom. The Hall–Kier alpha value is -2.55. The topological polar surface area (TPSA) is 42.1 Å². The molecule has 3 nitrogen and oxygen atoms in total. The molecule has 0 aliphatic rings. The SMILES string of the molecule is CCOC(=O)CCc1ccc(-c2c[nH]c3ccccc23)cc1. The van der Waals surface area contributed by atoms with Gasteiger partial charge in [-0.1, -0.05) is 42.5 Å². The number of aromatic nitrogens is 1. The van der Waals surface area contributed by atoms with Crippen LogP contribution in [0.5, 0.6) is 0 Å². The van der Waals surface area contributed by atoms with Gasteiger partial charge in [-0.15, -0.1) is 0 Å². The van der Waals surface area contributed by atoms with Gasteiger partial charge in [0.1, 0.15) is 0 Å². The van der Waals surface area contributed by atoms with Crippen molar-refractivity contribution in [1.29, 1.82) is 0 Å². The molecule has 0 saturated carbocycles. The Morgan fingerprint density at radius 1 is 1.09 bits per heavy atom. The number of hydrogen-bond acceptors (Lipinski definition) is 2. The van der Waals surface area contributed by atoms with E-state index in [-0.39, 0.29) is 5.97 Å². The molecular formula is C19H19NO2. The number of para-hydroxylation sites is 1. The molecule has 1 N–H and O–H groups in total. The second kappa shape index (κ2) is 6.48. The normalized spacial score (nSPS) is 10.8. The van der Waals surface area contributed by atoms with Crippen molar-refractivity contribution in [3.8, 4) is 11.1 Å². The van der Waals surface area contributed by atoms with Crippen LogP contribution in [0.25, 0.3) is 22.0 Å². The highest BCUT2D eigenvalue weighted by molar-refractivity contribution is 5.95. The fourth-order valence-corrected chi connectivity index (χ4v) is 2.64. The smallest absolute Gasteiger partial charge is 0.306 e. The number of carbonyl (C=O) groups is 1. The number of aryl methyl sites for hydroxylation is 1. The van der Waals surface area contributed by atoms with Gasteiger partial charge in [0.05, 0.1) is 6.61 Å². The zero-order valence-corrected chi connectivity index (χ0v) is 12.6. The zero-order chi connectivity index (χ0) is 15.4. The van der Waals surface area contributed by atoms with Gasteiger partial charge >= 0.3 is 5.97 Å². The van der Waals surface area contributed by atoms with Gasteiger partial charge in [0.15, 0.2) is 0 Å². The largest absolute Gasteiger partial charge is 0.466 e. The van der Waals surface area contributed by atoms with Crippen LogP contribution in [0.4, 0.5) is 0 Å². The summed E-state index contributed by atoms with van der Waals surface area (Å²) in [6, 6.07) is 16.6. The molecule has 112 valence electrons. The monoisotopic (exact) mass is 293 g/mol. The van der Waals surface area contributed by atoms with E-state index < -0.39 is 0 Å². The third kappa shape index (κ3) is 3.03. The summed E-state index contributed by atoms with van der Waals surface area (Å²) >= 11 is 0. The van der Waals surface area contributed by atoms with Gasteiger partial charge in [0.2, 0.25) is 0 Å². The van der Waals surface area contributed by atoms with Gasteiger partial charge in [0, 0.05) is 29.1 Å². The Balaban J connectivity index is 1.75. The van der Waals surface area contributed by atoms with Gasteiger partial charge in [-0.05, 0) is 30.5 Å². The van der Waals surface area contributed by atoms with Crippen LogP contribution in [-0.2, 0) is 16.0 Å². The summed E-state index contributed by atoms with van der Waals surface area (Å²) in [5.74, 6) is -0.136. The molecule has 3 aromatic rings. The molecule has 0 atom stereocenters. The summed E-state index contributed by atoms with van der Waals surface area (Å²) in [7, 11) is 0. The van der Waals surface area contributed by atoms with Crippen LogP contribution in [0.3, 0.4) is 0 Å². The third-order valence-corrected chi connectivity index (χ3v) is 3.78. The van der Waals surface area contributed by atoms with Crippen molar-refractivity contribution in [2.24, 2.45) is 0 Å². The highest BCUT2D eigenvalue weighted by Gasteiger charge is 2.06. The van der Waals surface area contributed by atoms with Gasteiger partial charge in [-0.25, -0.2) is 0 Å². The van der Waals surface area contributed by atoms with E-state index >= 15 is 0 Å². The molecule has 3 heteroatoms. The highest BCUT2D eigenvalue weighted by Crippen LogP contribution is 2.28. The van der Waals surface area contributed by atoms with Crippen LogP contribution in [0.1, 0.15) is 18.9 Å². The fourth-order valence-electron chi connectivity index (χ4n) is 2.64. The lowest BCUT2D eigenvalue weighted by Crippen LogP contribution is -2.05. The van der Waals surface area contributed by atoms with Crippen LogP contribution < -0.4 is 0 Å². The molecule has 2 aromatic carbocycles. The molecule has 0 amide bonds. The molecule has 0 aliphatic heterocycles. The molecule has 22 heavy (non-hydrogen) atoms. The van der Waals surface area contributed by atoms with Gasteiger partial charge < -0.3 is 9.72 Å². The maximum Gasteiger partial charge on any atom is 0.306 e. The van der Waals surface area contributed by atoms with E-state index in [1.165, 1.54) is 16.5 Å². The second-order valence-electron chi connectivity index (χ2n) is 5.25. The molecular weight excluding hydrogens is 274 g/mol. The predicted octanol–water partition coefficient (Wildman–Crippen LogP) is 4.33. The number of ether oxygens (including phenoxy) is 1. The van der Waals surface area contributed by atoms with Gasteiger partial charge in [-0.3, -0.25) is 4.79 Å². The predicted molar refractivity (Wildman–Crippen MR) is 88.7 cm³/mol. The lowest BCUT2D eigenvalue weighted by molar-refractivity contribution is -0.143. The molecule has 0 radical (unpaired) electrons. The number of carbonyl (C=O) groups excluding carboxylic acids is 1. The number of benzene rings is 2.